The summed E-state index contributed by atoms with van der Waals surface area (Å²) in [4.78, 5) is 32.3. The molecule has 5 rings (SSSR count). The highest BCUT2D eigenvalue weighted by Gasteiger charge is 2.58. The molecule has 0 saturated carbocycles. The van der Waals surface area contributed by atoms with Crippen molar-refractivity contribution in [3.05, 3.63) is 106 Å². The van der Waals surface area contributed by atoms with Gasteiger partial charge < -0.3 is 0 Å². The fourth-order valence-corrected chi connectivity index (χ4v) is 5.24. The van der Waals surface area contributed by atoms with Gasteiger partial charge in [-0.3, -0.25) is 19.4 Å². The summed E-state index contributed by atoms with van der Waals surface area (Å²) in [7, 11) is 0. The third-order valence-electron chi connectivity index (χ3n) is 7.01. The van der Waals surface area contributed by atoms with E-state index in [9.17, 15) is 9.59 Å². The van der Waals surface area contributed by atoms with Gasteiger partial charge in [-0.15, -0.1) is 0 Å². The average Bonchev–Trinajstić information content (AvgIpc) is 3.04. The second kappa shape index (κ2) is 8.12. The minimum Gasteiger partial charge on any atom is -0.297 e. The molecule has 4 nitrogen and oxygen atoms in total. The van der Waals surface area contributed by atoms with Gasteiger partial charge in [-0.2, -0.15) is 0 Å². The zero-order chi connectivity index (χ0) is 22.3. The van der Waals surface area contributed by atoms with Crippen molar-refractivity contribution in [2.45, 2.75) is 25.9 Å². The van der Waals surface area contributed by atoms with E-state index in [-0.39, 0.29) is 11.6 Å². The molecule has 0 unspecified atom stereocenters. The zero-order valence-electron chi connectivity index (χ0n) is 18.7. The summed E-state index contributed by atoms with van der Waals surface area (Å²) in [6, 6.07) is 23.6. The van der Waals surface area contributed by atoms with Gasteiger partial charge in [-0.25, -0.2) is 0 Å². The van der Waals surface area contributed by atoms with Crippen molar-refractivity contribution in [1.29, 1.82) is 0 Å². The Kier molecular flexibility index (Phi) is 5.28. The van der Waals surface area contributed by atoms with Gasteiger partial charge >= 0.3 is 0 Å². The Labute approximate surface area is 189 Å². The summed E-state index contributed by atoms with van der Waals surface area (Å²) in [5.41, 5.74) is 4.29. The van der Waals surface area contributed by atoms with Crippen LogP contribution in [0.4, 0.5) is 0 Å². The summed E-state index contributed by atoms with van der Waals surface area (Å²) in [6.07, 6.45) is 0. The SMILES string of the molecule is Cc1cccc(C2(N3CCN(Cc4ccccc4C)CC3)C(=O)c3ccccc3C2=O)c1. The maximum Gasteiger partial charge on any atom is 0.196 e. The summed E-state index contributed by atoms with van der Waals surface area (Å²) in [5, 5.41) is 0. The number of fused-ring (bicyclic) bond motifs is 1. The molecule has 0 amide bonds. The van der Waals surface area contributed by atoms with E-state index in [1.807, 2.05) is 43.3 Å². The van der Waals surface area contributed by atoms with Crippen LogP contribution in [0.15, 0.2) is 72.8 Å². The lowest BCUT2D eigenvalue weighted by Crippen LogP contribution is -2.60. The van der Waals surface area contributed by atoms with Crippen molar-refractivity contribution < 1.29 is 9.59 Å². The third kappa shape index (κ3) is 3.22. The van der Waals surface area contributed by atoms with E-state index < -0.39 is 5.54 Å². The number of piperazine rings is 1. The first-order valence-electron chi connectivity index (χ1n) is 11.3. The van der Waals surface area contributed by atoms with Gasteiger partial charge in [0.2, 0.25) is 0 Å². The number of hydrogen-bond donors (Lipinski definition) is 0. The number of carbonyl (C=O) groups is 2. The maximum absolute atomic E-state index is 13.9. The summed E-state index contributed by atoms with van der Waals surface area (Å²) >= 11 is 0. The molecular formula is C28H28N2O2. The quantitative estimate of drug-likeness (QED) is 0.582. The molecule has 4 heteroatoms. The van der Waals surface area contributed by atoms with Gasteiger partial charge in [0, 0.05) is 43.9 Å². The molecule has 162 valence electrons. The first-order valence-corrected chi connectivity index (χ1v) is 11.3. The molecule has 0 spiro atoms. The van der Waals surface area contributed by atoms with Crippen LogP contribution in [0.5, 0.6) is 0 Å². The lowest BCUT2D eigenvalue weighted by Gasteiger charge is -2.44. The number of carbonyl (C=O) groups excluding carboxylic acids is 2. The molecule has 1 aliphatic heterocycles. The minimum atomic E-state index is -1.26. The molecular weight excluding hydrogens is 396 g/mol. The summed E-state index contributed by atoms with van der Waals surface area (Å²) < 4.78 is 0. The van der Waals surface area contributed by atoms with E-state index in [1.165, 1.54) is 11.1 Å². The fraction of sp³-hybridized carbons (Fsp3) is 0.286. The van der Waals surface area contributed by atoms with Gasteiger partial charge in [0.15, 0.2) is 17.1 Å². The Morgan fingerprint density at radius 3 is 2.00 bits per heavy atom. The van der Waals surface area contributed by atoms with Crippen LogP contribution in [0.25, 0.3) is 0 Å². The van der Waals surface area contributed by atoms with E-state index >= 15 is 0 Å². The highest BCUT2D eigenvalue weighted by molar-refractivity contribution is 6.32. The standard InChI is InChI=1S/C28H28N2O2/c1-20-8-7-11-23(18-20)28(26(31)24-12-5-6-13-25(24)27(28)32)30-16-14-29(15-17-30)19-22-10-4-3-9-21(22)2/h3-13,18H,14-17,19H2,1-2H3. The number of nitrogens with zero attached hydrogens (tertiary/aromatic N) is 2. The highest BCUT2D eigenvalue weighted by Crippen LogP contribution is 2.43. The second-order valence-electron chi connectivity index (χ2n) is 8.97. The minimum absolute atomic E-state index is 0.0870. The predicted octanol–water partition coefficient (Wildman–Crippen LogP) is 4.40. The Bertz CT molecular complexity index is 1160. The molecule has 0 bridgehead atoms. The molecule has 2 aliphatic rings. The van der Waals surface area contributed by atoms with Crippen LogP contribution in [0.2, 0.25) is 0 Å². The van der Waals surface area contributed by atoms with Crippen molar-refractivity contribution >= 4 is 11.6 Å². The number of ketones is 2. The van der Waals surface area contributed by atoms with Crippen molar-refractivity contribution in [3.8, 4) is 0 Å². The number of aryl methyl sites for hydroxylation is 2. The summed E-state index contributed by atoms with van der Waals surface area (Å²) in [6.45, 7) is 8.02. The molecule has 1 aliphatic carbocycles. The van der Waals surface area contributed by atoms with Gasteiger partial charge in [0.1, 0.15) is 0 Å². The average molecular weight is 425 g/mol. The maximum atomic E-state index is 13.9. The first-order chi connectivity index (χ1) is 15.5. The molecule has 1 saturated heterocycles. The van der Waals surface area contributed by atoms with Crippen molar-refractivity contribution in [1.82, 2.24) is 9.80 Å². The van der Waals surface area contributed by atoms with Crippen LogP contribution in [0.1, 0.15) is 43.0 Å². The molecule has 32 heavy (non-hydrogen) atoms. The van der Waals surface area contributed by atoms with Crippen LogP contribution in [0, 0.1) is 13.8 Å². The van der Waals surface area contributed by atoms with Gasteiger partial charge in [0.05, 0.1) is 0 Å². The second-order valence-corrected chi connectivity index (χ2v) is 8.97. The molecule has 0 N–H and O–H groups in total. The van der Waals surface area contributed by atoms with Crippen LogP contribution in [-0.2, 0) is 12.1 Å². The van der Waals surface area contributed by atoms with Crippen LogP contribution in [-0.4, -0.2) is 47.5 Å². The lowest BCUT2D eigenvalue weighted by atomic mass is 9.82. The normalized spacial score (nSPS) is 18.7. The van der Waals surface area contributed by atoms with Gasteiger partial charge in [-0.05, 0) is 30.5 Å². The van der Waals surface area contributed by atoms with Crippen LogP contribution in [0.3, 0.4) is 0 Å². The number of Topliss-reactive ketones (excluding diaryl/α,β-unsaturated/α-hetero) is 2. The first kappa shape index (κ1) is 20.8. The Morgan fingerprint density at radius 2 is 1.38 bits per heavy atom. The van der Waals surface area contributed by atoms with Crippen molar-refractivity contribution in [3.63, 3.8) is 0 Å². The Morgan fingerprint density at radius 1 is 0.750 bits per heavy atom. The van der Waals surface area contributed by atoms with E-state index in [4.69, 9.17) is 0 Å². The largest absolute Gasteiger partial charge is 0.297 e. The number of rotatable bonds is 4. The predicted molar refractivity (Wildman–Crippen MR) is 126 cm³/mol. The monoisotopic (exact) mass is 424 g/mol. The molecule has 0 aromatic heterocycles. The number of hydrogen-bond acceptors (Lipinski definition) is 4. The molecule has 0 radical (unpaired) electrons. The Hall–Kier alpha value is -3.08. The lowest BCUT2D eigenvalue weighted by molar-refractivity contribution is 0.0279. The zero-order valence-corrected chi connectivity index (χ0v) is 18.7. The fourth-order valence-electron chi connectivity index (χ4n) is 5.24. The van der Waals surface area contributed by atoms with E-state index in [0.29, 0.717) is 24.2 Å². The molecule has 1 heterocycles. The smallest absolute Gasteiger partial charge is 0.196 e. The Balaban J connectivity index is 1.48. The molecule has 0 atom stereocenters. The summed E-state index contributed by atoms with van der Waals surface area (Å²) in [5.74, 6) is -0.174. The molecule has 3 aromatic carbocycles. The van der Waals surface area contributed by atoms with E-state index in [2.05, 4.69) is 41.0 Å². The van der Waals surface area contributed by atoms with E-state index in [0.717, 1.165) is 30.8 Å². The van der Waals surface area contributed by atoms with Crippen LogP contribution >= 0.6 is 0 Å². The van der Waals surface area contributed by atoms with Crippen molar-refractivity contribution in [2.75, 3.05) is 26.2 Å². The van der Waals surface area contributed by atoms with Crippen molar-refractivity contribution in [2.24, 2.45) is 0 Å². The number of benzene rings is 3. The molecule has 3 aromatic rings. The van der Waals surface area contributed by atoms with Gasteiger partial charge in [-0.1, -0.05) is 78.4 Å². The topological polar surface area (TPSA) is 40.6 Å². The third-order valence-corrected chi connectivity index (χ3v) is 7.01. The van der Waals surface area contributed by atoms with E-state index in [1.54, 1.807) is 12.1 Å². The van der Waals surface area contributed by atoms with Crippen LogP contribution < -0.4 is 0 Å². The highest BCUT2D eigenvalue weighted by atomic mass is 16.2. The van der Waals surface area contributed by atoms with Gasteiger partial charge in [0.25, 0.3) is 0 Å². The molecule has 1 fully saturated rings.